The normalized spacial score (nSPS) is 15.9. The molecule has 180 valence electrons. The Morgan fingerprint density at radius 1 is 0.972 bits per heavy atom. The minimum atomic E-state index is -0.521. The summed E-state index contributed by atoms with van der Waals surface area (Å²) in [6.07, 6.45) is 0. The lowest BCUT2D eigenvalue weighted by Gasteiger charge is -2.28. The zero-order valence-electron chi connectivity index (χ0n) is 20.2. The number of rotatable bonds is 4. The first-order chi connectivity index (χ1) is 17.5. The molecule has 0 saturated carbocycles. The average Bonchev–Trinajstić information content (AvgIpc) is 3.52. The average molecular weight is 480 g/mol. The molecule has 0 saturated heterocycles. The molecule has 3 aromatic carbocycles. The van der Waals surface area contributed by atoms with Crippen molar-refractivity contribution in [3.8, 4) is 22.9 Å². The standard InChI is InChI=1S/C28H25N5O3/c1-16-9-10-20(13-17(16)2)26-31-28-29-18(3)24(27(34)30-21-7-5-4-6-8-21)25(33(28)32-26)19-11-12-22-23(14-19)36-15-35-22/h4-14,25H,15H2,1-3H3,(H,30,34)(H,29,31,32). The maximum atomic E-state index is 13.6. The minimum Gasteiger partial charge on any atom is -0.454 e. The number of aryl methyl sites for hydroxylation is 2. The van der Waals surface area contributed by atoms with Gasteiger partial charge in [0.2, 0.25) is 12.7 Å². The van der Waals surface area contributed by atoms with Crippen molar-refractivity contribution in [3.05, 3.63) is 94.7 Å². The Kier molecular flexibility index (Phi) is 5.21. The molecule has 1 unspecified atom stereocenters. The summed E-state index contributed by atoms with van der Waals surface area (Å²) in [5.41, 5.74) is 6.09. The van der Waals surface area contributed by atoms with Crippen LogP contribution in [0.3, 0.4) is 0 Å². The molecule has 8 nitrogen and oxygen atoms in total. The fraction of sp³-hybridized carbons (Fsp3) is 0.179. The van der Waals surface area contributed by atoms with Gasteiger partial charge < -0.3 is 20.1 Å². The van der Waals surface area contributed by atoms with Gasteiger partial charge in [-0.1, -0.05) is 36.4 Å². The lowest BCUT2D eigenvalue weighted by atomic mass is 9.94. The molecule has 0 spiro atoms. The SMILES string of the molecule is CC1=C(C(=O)Nc2ccccc2)C(c2ccc3c(c2)OCO3)n2nc(-c3ccc(C)c(C)c3)nc2N1. The molecule has 2 aliphatic rings. The van der Waals surface area contributed by atoms with Gasteiger partial charge in [0.05, 0.1) is 5.57 Å². The van der Waals surface area contributed by atoms with Crippen molar-refractivity contribution in [2.45, 2.75) is 26.8 Å². The van der Waals surface area contributed by atoms with Crippen LogP contribution in [-0.4, -0.2) is 27.5 Å². The number of carbonyl (C=O) groups is 1. The van der Waals surface area contributed by atoms with Crippen LogP contribution in [0.5, 0.6) is 11.5 Å². The van der Waals surface area contributed by atoms with E-state index in [1.807, 2.05) is 61.5 Å². The number of carbonyl (C=O) groups excluding carboxylic acids is 1. The van der Waals surface area contributed by atoms with Crippen LogP contribution in [0.25, 0.3) is 11.4 Å². The number of allylic oxidation sites excluding steroid dienone is 1. The molecular weight excluding hydrogens is 454 g/mol. The quantitative estimate of drug-likeness (QED) is 0.417. The van der Waals surface area contributed by atoms with Crippen LogP contribution in [0.4, 0.5) is 11.6 Å². The number of nitrogens with one attached hydrogen (secondary N) is 2. The molecule has 0 bridgehead atoms. The van der Waals surface area contributed by atoms with Gasteiger partial charge in [-0.2, -0.15) is 4.98 Å². The highest BCUT2D eigenvalue weighted by molar-refractivity contribution is 6.06. The van der Waals surface area contributed by atoms with E-state index in [2.05, 4.69) is 36.6 Å². The molecule has 4 aromatic rings. The molecule has 6 rings (SSSR count). The fourth-order valence-corrected chi connectivity index (χ4v) is 4.56. The van der Waals surface area contributed by atoms with E-state index in [1.54, 1.807) is 4.68 Å². The van der Waals surface area contributed by atoms with E-state index >= 15 is 0 Å². The van der Waals surface area contributed by atoms with Crippen molar-refractivity contribution in [3.63, 3.8) is 0 Å². The maximum absolute atomic E-state index is 13.6. The van der Waals surface area contributed by atoms with Gasteiger partial charge in [-0.3, -0.25) is 4.79 Å². The monoisotopic (exact) mass is 479 g/mol. The molecule has 3 heterocycles. The van der Waals surface area contributed by atoms with Gasteiger partial charge >= 0.3 is 0 Å². The third-order valence-corrected chi connectivity index (χ3v) is 6.61. The van der Waals surface area contributed by atoms with E-state index in [4.69, 9.17) is 19.6 Å². The van der Waals surface area contributed by atoms with E-state index in [-0.39, 0.29) is 12.7 Å². The molecule has 1 amide bonds. The zero-order valence-corrected chi connectivity index (χ0v) is 20.2. The number of fused-ring (bicyclic) bond motifs is 2. The van der Waals surface area contributed by atoms with Gasteiger partial charge in [0, 0.05) is 16.9 Å². The third kappa shape index (κ3) is 3.76. The first-order valence-corrected chi connectivity index (χ1v) is 11.8. The topological polar surface area (TPSA) is 90.3 Å². The second kappa shape index (κ2) is 8.57. The lowest BCUT2D eigenvalue weighted by molar-refractivity contribution is -0.113. The largest absolute Gasteiger partial charge is 0.454 e. The fourth-order valence-electron chi connectivity index (χ4n) is 4.56. The molecule has 0 fully saturated rings. The van der Waals surface area contributed by atoms with Crippen LogP contribution in [0.15, 0.2) is 78.0 Å². The van der Waals surface area contributed by atoms with Crippen LogP contribution in [-0.2, 0) is 4.79 Å². The van der Waals surface area contributed by atoms with E-state index in [9.17, 15) is 4.79 Å². The molecule has 8 heteroatoms. The van der Waals surface area contributed by atoms with Crippen LogP contribution >= 0.6 is 0 Å². The van der Waals surface area contributed by atoms with Crippen LogP contribution in [0.2, 0.25) is 0 Å². The Morgan fingerprint density at radius 3 is 2.58 bits per heavy atom. The summed E-state index contributed by atoms with van der Waals surface area (Å²) in [4.78, 5) is 18.4. The number of aromatic nitrogens is 3. The summed E-state index contributed by atoms with van der Waals surface area (Å²) in [7, 11) is 0. The summed E-state index contributed by atoms with van der Waals surface area (Å²) in [5.74, 6) is 2.26. The number of ether oxygens (including phenoxy) is 2. The molecule has 1 atom stereocenters. The number of nitrogens with zero attached hydrogens (tertiary/aromatic N) is 3. The molecule has 0 aliphatic carbocycles. The minimum absolute atomic E-state index is 0.173. The van der Waals surface area contributed by atoms with Gasteiger partial charge in [0.1, 0.15) is 6.04 Å². The van der Waals surface area contributed by atoms with Crippen molar-refractivity contribution < 1.29 is 14.3 Å². The highest BCUT2D eigenvalue weighted by Crippen LogP contribution is 2.41. The van der Waals surface area contributed by atoms with E-state index in [0.29, 0.717) is 40.2 Å². The molecule has 2 aliphatic heterocycles. The van der Waals surface area contributed by atoms with Crippen molar-refractivity contribution in [1.82, 2.24) is 14.8 Å². The van der Waals surface area contributed by atoms with E-state index in [1.165, 1.54) is 5.56 Å². The Morgan fingerprint density at radius 2 is 1.78 bits per heavy atom. The van der Waals surface area contributed by atoms with Gasteiger partial charge in [-0.05, 0) is 67.8 Å². The Labute approximate surface area is 208 Å². The number of para-hydroxylation sites is 1. The zero-order chi connectivity index (χ0) is 24.8. The predicted molar refractivity (Wildman–Crippen MR) is 137 cm³/mol. The van der Waals surface area contributed by atoms with Gasteiger partial charge in [0.25, 0.3) is 5.91 Å². The first-order valence-electron chi connectivity index (χ1n) is 11.8. The Bertz CT molecular complexity index is 1520. The summed E-state index contributed by atoms with van der Waals surface area (Å²) in [5, 5.41) is 11.2. The highest BCUT2D eigenvalue weighted by Gasteiger charge is 2.35. The van der Waals surface area contributed by atoms with Gasteiger partial charge in [-0.15, -0.1) is 5.10 Å². The van der Waals surface area contributed by atoms with E-state index in [0.717, 1.165) is 16.7 Å². The highest BCUT2D eigenvalue weighted by atomic mass is 16.7. The van der Waals surface area contributed by atoms with Crippen molar-refractivity contribution in [2.24, 2.45) is 0 Å². The first kappa shape index (κ1) is 21.9. The second-order valence-electron chi connectivity index (χ2n) is 9.00. The number of amides is 1. The van der Waals surface area contributed by atoms with Gasteiger partial charge in [-0.25, -0.2) is 4.68 Å². The van der Waals surface area contributed by atoms with Crippen molar-refractivity contribution in [1.29, 1.82) is 0 Å². The van der Waals surface area contributed by atoms with Crippen molar-refractivity contribution in [2.75, 3.05) is 17.4 Å². The molecule has 2 N–H and O–H groups in total. The summed E-state index contributed by atoms with van der Waals surface area (Å²) in [6.45, 7) is 6.20. The number of anilines is 2. The summed E-state index contributed by atoms with van der Waals surface area (Å²) < 4.78 is 12.9. The third-order valence-electron chi connectivity index (χ3n) is 6.61. The number of hydrogen-bond acceptors (Lipinski definition) is 6. The molecular formula is C28H25N5O3. The molecule has 1 aromatic heterocycles. The number of hydrogen-bond donors (Lipinski definition) is 2. The smallest absolute Gasteiger partial charge is 0.255 e. The molecule has 0 radical (unpaired) electrons. The lowest BCUT2D eigenvalue weighted by Crippen LogP contribution is -2.31. The van der Waals surface area contributed by atoms with Crippen LogP contribution < -0.4 is 20.1 Å². The summed E-state index contributed by atoms with van der Waals surface area (Å²) in [6, 6.07) is 20.7. The maximum Gasteiger partial charge on any atom is 0.255 e. The molecule has 36 heavy (non-hydrogen) atoms. The van der Waals surface area contributed by atoms with Gasteiger partial charge in [0.15, 0.2) is 17.3 Å². The summed E-state index contributed by atoms with van der Waals surface area (Å²) >= 11 is 0. The van der Waals surface area contributed by atoms with Crippen LogP contribution in [0, 0.1) is 13.8 Å². The Hall–Kier alpha value is -4.59. The number of benzene rings is 3. The second-order valence-corrected chi connectivity index (χ2v) is 9.00. The van der Waals surface area contributed by atoms with E-state index < -0.39 is 6.04 Å². The predicted octanol–water partition coefficient (Wildman–Crippen LogP) is 5.22. The van der Waals surface area contributed by atoms with Crippen molar-refractivity contribution >= 4 is 17.5 Å². The van der Waals surface area contributed by atoms with Crippen LogP contribution in [0.1, 0.15) is 29.7 Å². The Balaban J connectivity index is 1.46.